The van der Waals surface area contributed by atoms with Crippen molar-refractivity contribution in [2.75, 3.05) is 32.1 Å². The molecule has 0 radical (unpaired) electrons. The molecular weight excluding hydrogens is 266 g/mol. The molecule has 16 heavy (non-hydrogen) atoms. The summed E-state index contributed by atoms with van der Waals surface area (Å²) < 4.78 is 1.09. The molecule has 1 atom stereocenters. The molecule has 4 heteroatoms. The normalized spacial score (nSPS) is 12.6. The molecule has 90 valence electrons. The Morgan fingerprint density at radius 3 is 2.88 bits per heavy atom. The minimum Gasteiger partial charge on any atom is -0.358 e. The van der Waals surface area contributed by atoms with Gasteiger partial charge in [0, 0.05) is 19.8 Å². The number of aromatic nitrogens is 1. The molecule has 1 aromatic rings. The zero-order chi connectivity index (χ0) is 12.1. The minimum atomic E-state index is 0.601. The summed E-state index contributed by atoms with van der Waals surface area (Å²) in [6.45, 7) is 6.33. The highest BCUT2D eigenvalue weighted by Gasteiger charge is 2.11. The van der Waals surface area contributed by atoms with Gasteiger partial charge in [-0.15, -0.1) is 0 Å². The number of pyridine rings is 1. The first kappa shape index (κ1) is 13.5. The number of hydrogen-bond donors (Lipinski definition) is 1. The average Bonchev–Trinajstić information content (AvgIpc) is 2.22. The van der Waals surface area contributed by atoms with Crippen LogP contribution in [0.4, 0.5) is 5.82 Å². The molecule has 0 saturated carbocycles. The van der Waals surface area contributed by atoms with Gasteiger partial charge in [0.1, 0.15) is 5.82 Å². The summed E-state index contributed by atoms with van der Waals surface area (Å²) in [5, 5.41) is 3.19. The Morgan fingerprint density at radius 1 is 1.56 bits per heavy atom. The van der Waals surface area contributed by atoms with Gasteiger partial charge in [0.25, 0.3) is 0 Å². The van der Waals surface area contributed by atoms with Crippen molar-refractivity contribution in [1.29, 1.82) is 0 Å². The molecule has 1 N–H and O–H groups in total. The Morgan fingerprint density at radius 2 is 2.25 bits per heavy atom. The minimum absolute atomic E-state index is 0.601. The molecule has 0 saturated heterocycles. The quantitative estimate of drug-likeness (QED) is 0.901. The van der Waals surface area contributed by atoms with Crippen LogP contribution >= 0.6 is 15.9 Å². The third kappa shape index (κ3) is 3.46. The van der Waals surface area contributed by atoms with Crippen molar-refractivity contribution < 1.29 is 0 Å². The highest BCUT2D eigenvalue weighted by Crippen LogP contribution is 2.26. The number of nitrogens with zero attached hydrogens (tertiary/aromatic N) is 2. The number of aryl methyl sites for hydroxylation is 1. The van der Waals surface area contributed by atoms with Gasteiger partial charge < -0.3 is 10.2 Å². The van der Waals surface area contributed by atoms with Gasteiger partial charge in [-0.05, 0) is 54.0 Å². The third-order valence-corrected chi connectivity index (χ3v) is 3.54. The number of anilines is 1. The molecule has 0 spiro atoms. The van der Waals surface area contributed by atoms with E-state index < -0.39 is 0 Å². The summed E-state index contributed by atoms with van der Waals surface area (Å²) >= 11 is 3.59. The molecule has 0 aliphatic rings. The van der Waals surface area contributed by atoms with Crippen LogP contribution in [0.25, 0.3) is 0 Å². The fraction of sp³-hybridized carbons (Fsp3) is 0.583. The second-order valence-electron chi connectivity index (χ2n) is 4.31. The molecule has 1 heterocycles. The lowest BCUT2D eigenvalue weighted by Gasteiger charge is -2.23. The second kappa shape index (κ2) is 6.21. The highest BCUT2D eigenvalue weighted by atomic mass is 79.9. The number of rotatable bonds is 5. The predicted octanol–water partition coefficient (Wildman–Crippen LogP) is 2.44. The van der Waals surface area contributed by atoms with E-state index in [9.17, 15) is 0 Å². The van der Waals surface area contributed by atoms with Gasteiger partial charge in [0.05, 0.1) is 4.47 Å². The Labute approximate surface area is 106 Å². The molecule has 0 amide bonds. The molecular formula is C12H20BrN3. The zero-order valence-electron chi connectivity index (χ0n) is 10.4. The van der Waals surface area contributed by atoms with E-state index in [1.807, 2.05) is 19.3 Å². The van der Waals surface area contributed by atoms with E-state index in [2.05, 4.69) is 52.0 Å². The van der Waals surface area contributed by atoms with Crippen LogP contribution < -0.4 is 10.2 Å². The summed E-state index contributed by atoms with van der Waals surface area (Å²) in [6.07, 6.45) is 1.86. The van der Waals surface area contributed by atoms with Crippen molar-refractivity contribution >= 4 is 21.7 Å². The summed E-state index contributed by atoms with van der Waals surface area (Å²) in [6, 6.07) is 2.01. The van der Waals surface area contributed by atoms with Gasteiger partial charge in [-0.25, -0.2) is 4.98 Å². The van der Waals surface area contributed by atoms with Crippen molar-refractivity contribution in [2.45, 2.75) is 13.8 Å². The van der Waals surface area contributed by atoms with Crippen molar-refractivity contribution in [2.24, 2.45) is 5.92 Å². The van der Waals surface area contributed by atoms with E-state index in [-0.39, 0.29) is 0 Å². The lowest BCUT2D eigenvalue weighted by Crippen LogP contribution is -2.30. The molecule has 0 fully saturated rings. The topological polar surface area (TPSA) is 28.2 Å². The molecule has 0 aromatic carbocycles. The highest BCUT2D eigenvalue weighted by molar-refractivity contribution is 9.10. The Bertz CT molecular complexity index is 341. The van der Waals surface area contributed by atoms with Crippen LogP contribution in [0.2, 0.25) is 0 Å². The van der Waals surface area contributed by atoms with E-state index in [0.29, 0.717) is 5.92 Å². The van der Waals surface area contributed by atoms with Gasteiger partial charge in [0.15, 0.2) is 0 Å². The Balaban J connectivity index is 2.72. The van der Waals surface area contributed by atoms with Gasteiger partial charge in [-0.3, -0.25) is 0 Å². The number of nitrogens with one attached hydrogen (secondary N) is 1. The molecule has 3 nitrogen and oxygen atoms in total. The molecule has 1 rings (SSSR count). The van der Waals surface area contributed by atoms with Crippen molar-refractivity contribution in [3.8, 4) is 0 Å². The van der Waals surface area contributed by atoms with Crippen LogP contribution in [-0.2, 0) is 0 Å². The molecule has 0 aliphatic carbocycles. The van der Waals surface area contributed by atoms with E-state index in [1.54, 1.807) is 0 Å². The van der Waals surface area contributed by atoms with Crippen LogP contribution in [0.1, 0.15) is 12.5 Å². The third-order valence-electron chi connectivity index (χ3n) is 2.56. The maximum atomic E-state index is 4.41. The first-order valence-corrected chi connectivity index (χ1v) is 6.32. The van der Waals surface area contributed by atoms with Crippen LogP contribution in [0, 0.1) is 12.8 Å². The monoisotopic (exact) mass is 285 g/mol. The van der Waals surface area contributed by atoms with E-state index >= 15 is 0 Å². The van der Waals surface area contributed by atoms with E-state index in [0.717, 1.165) is 23.4 Å². The van der Waals surface area contributed by atoms with Crippen LogP contribution in [0.3, 0.4) is 0 Å². The van der Waals surface area contributed by atoms with Gasteiger partial charge in [-0.1, -0.05) is 6.92 Å². The zero-order valence-corrected chi connectivity index (χ0v) is 12.0. The fourth-order valence-electron chi connectivity index (χ4n) is 1.76. The molecule has 1 unspecified atom stereocenters. The summed E-state index contributed by atoms with van der Waals surface area (Å²) in [4.78, 5) is 6.60. The van der Waals surface area contributed by atoms with E-state index in [4.69, 9.17) is 0 Å². The lowest BCUT2D eigenvalue weighted by atomic mass is 10.1. The van der Waals surface area contributed by atoms with Gasteiger partial charge >= 0.3 is 0 Å². The first-order valence-electron chi connectivity index (χ1n) is 5.53. The summed E-state index contributed by atoms with van der Waals surface area (Å²) in [7, 11) is 4.07. The molecule has 0 bridgehead atoms. The fourth-order valence-corrected chi connectivity index (χ4v) is 2.30. The second-order valence-corrected chi connectivity index (χ2v) is 5.10. The molecule has 0 aliphatic heterocycles. The lowest BCUT2D eigenvalue weighted by molar-refractivity contribution is 0.540. The average molecular weight is 286 g/mol. The summed E-state index contributed by atoms with van der Waals surface area (Å²) in [5.41, 5.74) is 1.22. The largest absolute Gasteiger partial charge is 0.358 e. The smallest absolute Gasteiger partial charge is 0.142 e. The van der Waals surface area contributed by atoms with E-state index in [1.165, 1.54) is 5.56 Å². The first-order chi connectivity index (χ1) is 7.56. The molecule has 1 aromatic heterocycles. The standard InChI is InChI=1S/C12H20BrN3/c1-9(7-14-3)8-16(4)12-11(13)10(2)5-6-15-12/h5-6,9,14H,7-8H2,1-4H3. The maximum Gasteiger partial charge on any atom is 0.142 e. The SMILES string of the molecule is CNCC(C)CN(C)c1nccc(C)c1Br. The van der Waals surface area contributed by atoms with Crippen molar-refractivity contribution in [3.05, 3.63) is 22.3 Å². The Kier molecular flexibility index (Phi) is 5.22. The number of halogens is 1. The van der Waals surface area contributed by atoms with Crippen molar-refractivity contribution in [3.63, 3.8) is 0 Å². The maximum absolute atomic E-state index is 4.41. The van der Waals surface area contributed by atoms with Gasteiger partial charge in [0.2, 0.25) is 0 Å². The summed E-state index contributed by atoms with van der Waals surface area (Å²) in [5.74, 6) is 1.62. The van der Waals surface area contributed by atoms with Crippen LogP contribution in [0.15, 0.2) is 16.7 Å². The van der Waals surface area contributed by atoms with Crippen LogP contribution in [0.5, 0.6) is 0 Å². The Hall–Kier alpha value is -0.610. The van der Waals surface area contributed by atoms with Gasteiger partial charge in [-0.2, -0.15) is 0 Å². The number of hydrogen-bond acceptors (Lipinski definition) is 3. The van der Waals surface area contributed by atoms with Crippen LogP contribution in [-0.4, -0.2) is 32.2 Å². The predicted molar refractivity (Wildman–Crippen MR) is 73.0 cm³/mol. The van der Waals surface area contributed by atoms with Crippen molar-refractivity contribution in [1.82, 2.24) is 10.3 Å².